The van der Waals surface area contributed by atoms with Crippen molar-refractivity contribution < 1.29 is 22.7 Å². The zero-order valence-electron chi connectivity index (χ0n) is 15.4. The first-order valence-corrected chi connectivity index (χ1v) is 9.99. The molecule has 0 radical (unpaired) electrons. The highest BCUT2D eigenvalue weighted by Gasteiger charge is 2.46. The molecule has 1 aliphatic heterocycles. The summed E-state index contributed by atoms with van der Waals surface area (Å²) < 4.78 is 48.8. The second-order valence-electron chi connectivity index (χ2n) is 6.28. The SMILES string of the molecule is CCOc1ccc([C@H]2C(C(=O)c3ccc(Cl)s3)=C(C(F)(F)F)Nc3ncnn32)cc1. The summed E-state index contributed by atoms with van der Waals surface area (Å²) in [7, 11) is 0. The standard InChI is InChI=1S/C19H14ClF3N4O2S/c1-2-29-11-5-3-10(4-6-11)15-14(16(28)12-7-8-13(20)30-12)17(19(21,22)23)26-18-24-9-25-27(15)18/h3-9,15H,2H2,1H3,(H,24,25,26)/t15-/m0/s1. The van der Waals surface area contributed by atoms with Crippen LogP contribution in [0, 0.1) is 0 Å². The first kappa shape index (κ1) is 20.4. The van der Waals surface area contributed by atoms with Crippen LogP contribution < -0.4 is 10.1 Å². The number of fused-ring (bicyclic) bond motifs is 1. The monoisotopic (exact) mass is 454 g/mol. The molecule has 3 aromatic rings. The van der Waals surface area contributed by atoms with Gasteiger partial charge in [-0.1, -0.05) is 23.7 Å². The van der Waals surface area contributed by atoms with Gasteiger partial charge in [-0.25, -0.2) is 4.68 Å². The Morgan fingerprint density at radius 3 is 2.60 bits per heavy atom. The molecule has 1 aliphatic rings. The summed E-state index contributed by atoms with van der Waals surface area (Å²) in [5.74, 6) is -0.333. The molecular formula is C19H14ClF3N4O2S. The summed E-state index contributed by atoms with van der Waals surface area (Å²) in [5, 5.41) is 6.28. The van der Waals surface area contributed by atoms with E-state index in [1.165, 1.54) is 16.8 Å². The van der Waals surface area contributed by atoms with Crippen molar-refractivity contribution in [2.75, 3.05) is 11.9 Å². The van der Waals surface area contributed by atoms with E-state index in [0.29, 0.717) is 22.3 Å². The molecule has 1 aromatic carbocycles. The molecule has 156 valence electrons. The van der Waals surface area contributed by atoms with Crippen LogP contribution in [0.25, 0.3) is 0 Å². The minimum atomic E-state index is -4.81. The lowest BCUT2D eigenvalue weighted by Gasteiger charge is -2.30. The lowest BCUT2D eigenvalue weighted by atomic mass is 9.91. The number of halogens is 4. The Labute approximate surface area is 177 Å². The van der Waals surface area contributed by atoms with Gasteiger partial charge in [0.05, 0.1) is 21.4 Å². The number of rotatable bonds is 5. The number of aromatic nitrogens is 3. The van der Waals surface area contributed by atoms with E-state index in [1.54, 1.807) is 24.3 Å². The van der Waals surface area contributed by atoms with Crippen LogP contribution in [0.1, 0.15) is 28.2 Å². The fourth-order valence-corrected chi connectivity index (χ4v) is 4.22. The first-order valence-electron chi connectivity index (χ1n) is 8.80. The maximum absolute atomic E-state index is 14.0. The number of hydrogen-bond acceptors (Lipinski definition) is 6. The number of carbonyl (C=O) groups excluding carboxylic acids is 1. The van der Waals surface area contributed by atoms with Crippen molar-refractivity contribution >= 4 is 34.7 Å². The van der Waals surface area contributed by atoms with Crippen LogP contribution in [0.3, 0.4) is 0 Å². The Morgan fingerprint density at radius 1 is 1.27 bits per heavy atom. The number of nitrogens with one attached hydrogen (secondary N) is 1. The molecule has 11 heteroatoms. The van der Waals surface area contributed by atoms with E-state index in [2.05, 4.69) is 15.4 Å². The lowest BCUT2D eigenvalue weighted by Crippen LogP contribution is -2.35. The molecule has 0 saturated carbocycles. The van der Waals surface area contributed by atoms with Gasteiger partial charge in [-0.3, -0.25) is 4.79 Å². The highest BCUT2D eigenvalue weighted by molar-refractivity contribution is 7.18. The predicted octanol–water partition coefficient (Wildman–Crippen LogP) is 5.11. The zero-order chi connectivity index (χ0) is 21.5. The van der Waals surface area contributed by atoms with Crippen molar-refractivity contribution in [2.45, 2.75) is 19.1 Å². The van der Waals surface area contributed by atoms with E-state index >= 15 is 0 Å². The summed E-state index contributed by atoms with van der Waals surface area (Å²) in [4.78, 5) is 17.2. The Morgan fingerprint density at radius 2 is 2.00 bits per heavy atom. The van der Waals surface area contributed by atoms with Crippen molar-refractivity contribution in [3.05, 3.63) is 68.8 Å². The highest BCUT2D eigenvalue weighted by atomic mass is 35.5. The largest absolute Gasteiger partial charge is 0.494 e. The minimum Gasteiger partial charge on any atom is -0.494 e. The molecule has 6 nitrogen and oxygen atoms in total. The van der Waals surface area contributed by atoms with E-state index in [-0.39, 0.29) is 10.8 Å². The summed E-state index contributed by atoms with van der Waals surface area (Å²) in [6.45, 7) is 2.27. The van der Waals surface area contributed by atoms with Gasteiger partial charge in [0, 0.05) is 0 Å². The van der Waals surface area contributed by atoms with Crippen molar-refractivity contribution in [2.24, 2.45) is 0 Å². The Kier molecular flexibility index (Phi) is 5.29. The summed E-state index contributed by atoms with van der Waals surface area (Å²) in [6.07, 6.45) is -3.68. The van der Waals surface area contributed by atoms with E-state index in [9.17, 15) is 18.0 Å². The van der Waals surface area contributed by atoms with Gasteiger partial charge in [0.15, 0.2) is 0 Å². The molecule has 0 amide bonds. The van der Waals surface area contributed by atoms with E-state index in [0.717, 1.165) is 17.7 Å². The Balaban J connectivity index is 1.91. The van der Waals surface area contributed by atoms with Crippen LogP contribution in [-0.4, -0.2) is 33.3 Å². The first-order chi connectivity index (χ1) is 14.3. The van der Waals surface area contributed by atoms with Gasteiger partial charge in [-0.05, 0) is 36.8 Å². The quantitative estimate of drug-likeness (QED) is 0.543. The van der Waals surface area contributed by atoms with Crippen molar-refractivity contribution in [1.29, 1.82) is 0 Å². The maximum Gasteiger partial charge on any atom is 0.431 e. The average molecular weight is 455 g/mol. The van der Waals surface area contributed by atoms with Crippen LogP contribution in [0.4, 0.5) is 19.1 Å². The third-order valence-electron chi connectivity index (χ3n) is 4.43. The van der Waals surface area contributed by atoms with Gasteiger partial charge >= 0.3 is 6.18 Å². The molecular weight excluding hydrogens is 441 g/mol. The number of benzene rings is 1. The maximum atomic E-state index is 14.0. The van der Waals surface area contributed by atoms with Gasteiger partial charge in [-0.15, -0.1) is 11.3 Å². The molecule has 1 atom stereocenters. The lowest BCUT2D eigenvalue weighted by molar-refractivity contribution is -0.0918. The molecule has 4 rings (SSSR count). The van der Waals surface area contributed by atoms with Crippen LogP contribution in [0.15, 0.2) is 54.0 Å². The van der Waals surface area contributed by atoms with Crippen LogP contribution >= 0.6 is 22.9 Å². The summed E-state index contributed by atoms with van der Waals surface area (Å²) in [6, 6.07) is 8.22. The molecule has 0 saturated heterocycles. The van der Waals surface area contributed by atoms with Gasteiger partial charge in [0.1, 0.15) is 23.8 Å². The third-order valence-corrected chi connectivity index (χ3v) is 5.66. The number of thiophene rings is 1. The van der Waals surface area contributed by atoms with Crippen molar-refractivity contribution in [3.63, 3.8) is 0 Å². The molecule has 1 N–H and O–H groups in total. The average Bonchev–Trinajstić information content (AvgIpc) is 3.35. The number of alkyl halides is 3. The highest BCUT2D eigenvalue weighted by Crippen LogP contribution is 2.42. The summed E-state index contributed by atoms with van der Waals surface area (Å²) >= 11 is 6.82. The molecule has 0 aliphatic carbocycles. The number of nitrogens with zero attached hydrogens (tertiary/aromatic N) is 3. The number of allylic oxidation sites excluding steroid dienone is 2. The smallest absolute Gasteiger partial charge is 0.431 e. The van der Waals surface area contributed by atoms with E-state index in [1.807, 2.05) is 6.92 Å². The number of hydrogen-bond donors (Lipinski definition) is 1. The van der Waals surface area contributed by atoms with E-state index < -0.39 is 29.3 Å². The second kappa shape index (κ2) is 7.77. The summed E-state index contributed by atoms with van der Waals surface area (Å²) in [5.41, 5.74) is -1.22. The minimum absolute atomic E-state index is 0.0954. The Hall–Kier alpha value is -2.85. The number of carbonyl (C=O) groups is 1. The third kappa shape index (κ3) is 3.68. The van der Waals surface area contributed by atoms with Crippen LogP contribution in [0.2, 0.25) is 4.34 Å². The normalized spacial score (nSPS) is 16.2. The number of ether oxygens (including phenoxy) is 1. The van der Waals surface area contributed by atoms with Crippen molar-refractivity contribution in [1.82, 2.24) is 14.8 Å². The Bertz CT molecular complexity index is 1120. The molecule has 0 bridgehead atoms. The molecule has 0 fully saturated rings. The van der Waals surface area contributed by atoms with Gasteiger partial charge < -0.3 is 10.1 Å². The van der Waals surface area contributed by atoms with Gasteiger partial charge in [0.2, 0.25) is 11.7 Å². The van der Waals surface area contributed by atoms with E-state index in [4.69, 9.17) is 16.3 Å². The van der Waals surface area contributed by atoms with Gasteiger partial charge in [0.25, 0.3) is 0 Å². The fraction of sp³-hybridized carbons (Fsp3) is 0.211. The number of anilines is 1. The van der Waals surface area contributed by atoms with Gasteiger partial charge in [-0.2, -0.15) is 23.3 Å². The zero-order valence-corrected chi connectivity index (χ0v) is 17.0. The molecule has 30 heavy (non-hydrogen) atoms. The van der Waals surface area contributed by atoms with Crippen molar-refractivity contribution in [3.8, 4) is 5.75 Å². The predicted molar refractivity (Wildman–Crippen MR) is 106 cm³/mol. The van der Waals surface area contributed by atoms with Crippen LogP contribution in [-0.2, 0) is 0 Å². The van der Waals surface area contributed by atoms with Crippen LogP contribution in [0.5, 0.6) is 5.75 Å². The second-order valence-corrected chi connectivity index (χ2v) is 7.99. The topological polar surface area (TPSA) is 69.0 Å². The number of ketones is 1. The molecule has 0 spiro atoms. The fourth-order valence-electron chi connectivity index (χ4n) is 3.22. The number of Topliss-reactive ketones (excluding diaryl/α,β-unsaturated/α-hetero) is 1. The molecule has 2 aromatic heterocycles. The molecule has 3 heterocycles. The molecule has 0 unspecified atom stereocenters.